The summed E-state index contributed by atoms with van der Waals surface area (Å²) in [6.45, 7) is -0.615. The van der Waals surface area contributed by atoms with E-state index in [2.05, 4.69) is 0 Å². The van der Waals surface area contributed by atoms with Crippen molar-refractivity contribution in [3.63, 3.8) is 0 Å². The predicted octanol–water partition coefficient (Wildman–Crippen LogP) is 2.58. The van der Waals surface area contributed by atoms with Crippen LogP contribution < -0.4 is 0 Å². The number of amides is 2. The lowest BCUT2D eigenvalue weighted by molar-refractivity contribution is -0.146. The van der Waals surface area contributed by atoms with Crippen molar-refractivity contribution in [2.45, 2.75) is 6.04 Å². The van der Waals surface area contributed by atoms with E-state index in [1.54, 1.807) is 18.4 Å². The van der Waals surface area contributed by atoms with Crippen molar-refractivity contribution in [1.29, 1.82) is 0 Å². The number of carbonyl (C=O) groups is 4. The molecule has 8 heteroatoms. The maximum atomic E-state index is 13.2. The Morgan fingerprint density at radius 2 is 1.71 bits per heavy atom. The number of thioether (sulfide) groups is 1. The van der Waals surface area contributed by atoms with Gasteiger partial charge in [-0.25, -0.2) is 9.18 Å². The molecule has 0 radical (unpaired) electrons. The van der Waals surface area contributed by atoms with Crippen LogP contribution in [0.3, 0.4) is 0 Å². The third-order valence-corrected chi connectivity index (χ3v) is 4.87. The van der Waals surface area contributed by atoms with Crippen LogP contribution in [0.15, 0.2) is 48.5 Å². The molecule has 0 saturated heterocycles. The molecule has 0 saturated carbocycles. The van der Waals surface area contributed by atoms with Crippen molar-refractivity contribution in [2.24, 2.45) is 0 Å². The third-order valence-electron chi connectivity index (χ3n) is 4.23. The summed E-state index contributed by atoms with van der Waals surface area (Å²) in [5, 5.41) is 0. The molecule has 2 aromatic rings. The SMILES string of the molecule is CSC[C@@H](C(=O)OCC(=O)c1cccc(F)c1)N1C(=O)c2ccccc2C1=O. The molecule has 1 aliphatic rings. The predicted molar refractivity (Wildman–Crippen MR) is 101 cm³/mol. The van der Waals surface area contributed by atoms with Gasteiger partial charge in [0.15, 0.2) is 12.4 Å². The maximum Gasteiger partial charge on any atom is 0.330 e. The summed E-state index contributed by atoms with van der Waals surface area (Å²) in [4.78, 5) is 50.8. The number of Topliss-reactive ketones (excluding diaryl/α,β-unsaturated/α-hetero) is 1. The lowest BCUT2D eigenvalue weighted by Crippen LogP contribution is -2.47. The highest BCUT2D eigenvalue weighted by Gasteiger charge is 2.43. The van der Waals surface area contributed by atoms with Gasteiger partial charge in [-0.2, -0.15) is 11.8 Å². The second kappa shape index (κ2) is 8.35. The van der Waals surface area contributed by atoms with Crippen LogP contribution in [0, 0.1) is 5.82 Å². The van der Waals surface area contributed by atoms with Crippen LogP contribution in [-0.4, -0.2) is 53.1 Å². The zero-order valence-corrected chi connectivity index (χ0v) is 15.7. The van der Waals surface area contributed by atoms with E-state index in [0.717, 1.165) is 11.0 Å². The number of carbonyl (C=O) groups excluding carboxylic acids is 4. The minimum absolute atomic E-state index is 0.0648. The highest BCUT2D eigenvalue weighted by Crippen LogP contribution is 2.26. The molecule has 3 rings (SSSR count). The Labute approximate surface area is 164 Å². The van der Waals surface area contributed by atoms with Crippen LogP contribution in [0.25, 0.3) is 0 Å². The highest BCUT2D eigenvalue weighted by molar-refractivity contribution is 7.98. The topological polar surface area (TPSA) is 80.8 Å². The van der Waals surface area contributed by atoms with Gasteiger partial charge < -0.3 is 4.74 Å². The molecule has 144 valence electrons. The lowest BCUT2D eigenvalue weighted by atomic mass is 10.1. The summed E-state index contributed by atoms with van der Waals surface area (Å²) in [5.74, 6) is -3.06. The first-order valence-corrected chi connectivity index (χ1v) is 9.74. The number of imide groups is 1. The van der Waals surface area contributed by atoms with Crippen LogP contribution in [0.4, 0.5) is 4.39 Å². The van der Waals surface area contributed by atoms with Gasteiger partial charge in [-0.15, -0.1) is 0 Å². The Morgan fingerprint density at radius 1 is 1.07 bits per heavy atom. The summed E-state index contributed by atoms with van der Waals surface area (Å²) in [6.07, 6.45) is 1.72. The number of hydrogen-bond acceptors (Lipinski definition) is 6. The van der Waals surface area contributed by atoms with Crippen LogP contribution in [-0.2, 0) is 9.53 Å². The minimum Gasteiger partial charge on any atom is -0.456 e. The molecule has 0 aliphatic carbocycles. The molecule has 2 aromatic carbocycles. The van der Waals surface area contributed by atoms with Crippen molar-refractivity contribution in [2.75, 3.05) is 18.6 Å². The van der Waals surface area contributed by atoms with Crippen molar-refractivity contribution < 1.29 is 28.3 Å². The minimum atomic E-state index is -1.16. The van der Waals surface area contributed by atoms with Crippen molar-refractivity contribution >= 4 is 35.3 Å². The van der Waals surface area contributed by atoms with E-state index in [-0.39, 0.29) is 22.4 Å². The Morgan fingerprint density at radius 3 is 2.29 bits per heavy atom. The number of rotatable bonds is 7. The summed E-state index contributed by atoms with van der Waals surface area (Å²) >= 11 is 1.26. The first kappa shape index (κ1) is 19.8. The molecule has 0 aromatic heterocycles. The van der Waals surface area contributed by atoms with Gasteiger partial charge in [-0.05, 0) is 30.5 Å². The van der Waals surface area contributed by atoms with Gasteiger partial charge in [-0.3, -0.25) is 19.3 Å². The molecule has 1 aliphatic heterocycles. The molecule has 1 atom stereocenters. The van der Waals surface area contributed by atoms with Crippen LogP contribution in [0.2, 0.25) is 0 Å². The molecule has 1 heterocycles. The Bertz CT molecular complexity index is 926. The largest absolute Gasteiger partial charge is 0.456 e. The van der Waals surface area contributed by atoms with Gasteiger partial charge in [0, 0.05) is 11.3 Å². The molecule has 28 heavy (non-hydrogen) atoms. The standard InChI is InChI=1S/C20H16FNO5S/c1-28-11-16(22-18(24)14-7-2-3-8-15(14)19(22)25)20(26)27-10-17(23)12-5-4-6-13(21)9-12/h2-9,16H,10-11H2,1H3/t16-/m0/s1. The van der Waals surface area contributed by atoms with Crippen LogP contribution >= 0.6 is 11.8 Å². The van der Waals surface area contributed by atoms with E-state index in [4.69, 9.17) is 4.74 Å². The summed E-state index contributed by atoms with van der Waals surface area (Å²) in [5.41, 5.74) is 0.513. The van der Waals surface area contributed by atoms with E-state index in [1.165, 1.54) is 42.1 Å². The maximum absolute atomic E-state index is 13.2. The monoisotopic (exact) mass is 401 g/mol. The Kier molecular flexibility index (Phi) is 5.89. The number of hydrogen-bond donors (Lipinski definition) is 0. The van der Waals surface area contributed by atoms with Crippen LogP contribution in [0.5, 0.6) is 0 Å². The van der Waals surface area contributed by atoms with Crippen molar-refractivity contribution in [3.8, 4) is 0 Å². The van der Waals surface area contributed by atoms with Gasteiger partial charge in [0.25, 0.3) is 11.8 Å². The first-order valence-electron chi connectivity index (χ1n) is 8.35. The highest BCUT2D eigenvalue weighted by atomic mass is 32.2. The Hall–Kier alpha value is -3.00. The molecule has 2 amide bonds. The van der Waals surface area contributed by atoms with Gasteiger partial charge in [0.05, 0.1) is 11.1 Å². The molecule has 0 bridgehead atoms. The smallest absolute Gasteiger partial charge is 0.330 e. The second-order valence-electron chi connectivity index (χ2n) is 6.04. The average molecular weight is 401 g/mol. The summed E-state index contributed by atoms with van der Waals surface area (Å²) in [6, 6.07) is 10.2. The number of ether oxygens (including phenoxy) is 1. The van der Waals surface area contributed by atoms with E-state index in [9.17, 15) is 23.6 Å². The lowest BCUT2D eigenvalue weighted by Gasteiger charge is -2.23. The number of fused-ring (bicyclic) bond motifs is 1. The van der Waals surface area contributed by atoms with Crippen molar-refractivity contribution in [3.05, 3.63) is 71.0 Å². The zero-order chi connectivity index (χ0) is 20.3. The molecule has 0 N–H and O–H groups in total. The van der Waals surface area contributed by atoms with Crippen molar-refractivity contribution in [1.82, 2.24) is 4.90 Å². The number of benzene rings is 2. The number of halogens is 1. The number of ketones is 1. The van der Waals surface area contributed by atoms with Gasteiger partial charge in [0.2, 0.25) is 0 Å². The fraction of sp³-hybridized carbons (Fsp3) is 0.200. The first-order chi connectivity index (χ1) is 13.4. The molecule has 0 unspecified atom stereocenters. The van der Waals surface area contributed by atoms with E-state index in [0.29, 0.717) is 0 Å². The number of esters is 1. The third kappa shape index (κ3) is 3.82. The normalized spacial score (nSPS) is 14.0. The number of nitrogens with zero attached hydrogens (tertiary/aromatic N) is 1. The molecule has 6 nitrogen and oxygen atoms in total. The van der Waals surface area contributed by atoms with Crippen LogP contribution in [0.1, 0.15) is 31.1 Å². The summed E-state index contributed by atoms with van der Waals surface area (Å²) in [7, 11) is 0. The molecular formula is C20H16FNO5S. The molecule has 0 fully saturated rings. The van der Waals surface area contributed by atoms with E-state index >= 15 is 0 Å². The Balaban J connectivity index is 1.74. The zero-order valence-electron chi connectivity index (χ0n) is 14.9. The average Bonchev–Trinajstić information content (AvgIpc) is 2.95. The molecular weight excluding hydrogens is 385 g/mol. The van der Waals surface area contributed by atoms with E-state index < -0.39 is 42.0 Å². The van der Waals surface area contributed by atoms with Gasteiger partial charge >= 0.3 is 5.97 Å². The molecule has 0 spiro atoms. The van der Waals surface area contributed by atoms with Gasteiger partial charge in [-0.1, -0.05) is 24.3 Å². The van der Waals surface area contributed by atoms with E-state index in [1.807, 2.05) is 0 Å². The van der Waals surface area contributed by atoms with Gasteiger partial charge in [0.1, 0.15) is 11.9 Å². The second-order valence-corrected chi connectivity index (χ2v) is 6.95. The summed E-state index contributed by atoms with van der Waals surface area (Å²) < 4.78 is 18.3. The fourth-order valence-corrected chi connectivity index (χ4v) is 3.48. The fourth-order valence-electron chi connectivity index (χ4n) is 2.87. The quantitative estimate of drug-likeness (QED) is 0.403.